The van der Waals surface area contributed by atoms with Crippen LogP contribution in [0, 0.1) is 5.92 Å². The first-order chi connectivity index (χ1) is 11.0. The SMILES string of the molecule is CCCNC(=O)NC1CC(Cn2cc(COC)nn2)C(O)C1O. The molecular weight excluding hydrogens is 302 g/mol. The molecule has 1 saturated carbocycles. The molecule has 1 aromatic rings. The van der Waals surface area contributed by atoms with Crippen LogP contribution in [-0.2, 0) is 17.9 Å². The molecule has 1 heterocycles. The number of aromatic nitrogens is 3. The lowest BCUT2D eigenvalue weighted by molar-refractivity contribution is 0.00860. The smallest absolute Gasteiger partial charge is 0.315 e. The summed E-state index contributed by atoms with van der Waals surface area (Å²) >= 11 is 0. The molecule has 1 aliphatic rings. The molecule has 4 unspecified atom stereocenters. The van der Waals surface area contributed by atoms with Crippen LogP contribution in [0.5, 0.6) is 0 Å². The molecule has 1 fully saturated rings. The normalized spacial score (nSPS) is 27.1. The average molecular weight is 327 g/mol. The summed E-state index contributed by atoms with van der Waals surface area (Å²) in [5.74, 6) is -0.210. The van der Waals surface area contributed by atoms with Crippen LogP contribution in [0.25, 0.3) is 0 Å². The highest BCUT2D eigenvalue weighted by atomic mass is 16.5. The highest BCUT2D eigenvalue weighted by Gasteiger charge is 2.42. The fourth-order valence-corrected chi connectivity index (χ4v) is 2.79. The number of nitrogens with one attached hydrogen (secondary N) is 2. The Labute approximate surface area is 135 Å². The molecule has 130 valence electrons. The zero-order valence-corrected chi connectivity index (χ0v) is 13.5. The van der Waals surface area contributed by atoms with Gasteiger partial charge in [-0.2, -0.15) is 0 Å². The van der Waals surface area contributed by atoms with E-state index in [0.29, 0.717) is 31.8 Å². The van der Waals surface area contributed by atoms with Crippen LogP contribution >= 0.6 is 0 Å². The largest absolute Gasteiger partial charge is 0.390 e. The molecule has 9 nitrogen and oxygen atoms in total. The van der Waals surface area contributed by atoms with Gasteiger partial charge in [0.1, 0.15) is 11.8 Å². The summed E-state index contributed by atoms with van der Waals surface area (Å²) in [4.78, 5) is 11.7. The van der Waals surface area contributed by atoms with Gasteiger partial charge >= 0.3 is 6.03 Å². The number of ether oxygens (including phenoxy) is 1. The predicted molar refractivity (Wildman–Crippen MR) is 81.5 cm³/mol. The van der Waals surface area contributed by atoms with Crippen molar-refractivity contribution >= 4 is 6.03 Å². The molecule has 2 amide bonds. The van der Waals surface area contributed by atoms with Crippen LogP contribution in [0.1, 0.15) is 25.5 Å². The van der Waals surface area contributed by atoms with Gasteiger partial charge in [0.25, 0.3) is 0 Å². The number of carbonyl (C=O) groups is 1. The maximum Gasteiger partial charge on any atom is 0.315 e. The molecule has 0 aromatic carbocycles. The number of nitrogens with zero attached hydrogens (tertiary/aromatic N) is 3. The minimum atomic E-state index is -0.991. The number of rotatable bonds is 7. The maximum absolute atomic E-state index is 11.7. The molecule has 4 N–H and O–H groups in total. The number of urea groups is 1. The minimum absolute atomic E-state index is 0.210. The highest BCUT2D eigenvalue weighted by Crippen LogP contribution is 2.28. The van der Waals surface area contributed by atoms with Gasteiger partial charge in [-0.15, -0.1) is 5.10 Å². The summed E-state index contributed by atoms with van der Waals surface area (Å²) in [7, 11) is 1.58. The van der Waals surface area contributed by atoms with E-state index in [-0.39, 0.29) is 11.9 Å². The topological polar surface area (TPSA) is 122 Å². The van der Waals surface area contributed by atoms with E-state index in [2.05, 4.69) is 20.9 Å². The molecule has 23 heavy (non-hydrogen) atoms. The standard InChI is InChI=1S/C14H25N5O4/c1-3-4-15-14(22)16-11-5-9(12(20)13(11)21)6-19-7-10(8-23-2)17-18-19/h7,9,11-13,20-21H,3-6,8H2,1-2H3,(H2,15,16,22). The minimum Gasteiger partial charge on any atom is -0.390 e. The first kappa shape index (κ1) is 17.6. The molecule has 4 atom stereocenters. The molecule has 0 spiro atoms. The first-order valence-electron chi connectivity index (χ1n) is 7.83. The van der Waals surface area contributed by atoms with Gasteiger partial charge < -0.3 is 25.6 Å². The van der Waals surface area contributed by atoms with Crippen LogP contribution in [0.15, 0.2) is 6.20 Å². The van der Waals surface area contributed by atoms with Crippen molar-refractivity contribution in [1.82, 2.24) is 25.6 Å². The van der Waals surface area contributed by atoms with Crippen molar-refractivity contribution in [3.05, 3.63) is 11.9 Å². The van der Waals surface area contributed by atoms with E-state index in [1.165, 1.54) is 0 Å². The van der Waals surface area contributed by atoms with Gasteiger partial charge in [-0.1, -0.05) is 12.1 Å². The fraction of sp³-hybridized carbons (Fsp3) is 0.786. The first-order valence-corrected chi connectivity index (χ1v) is 7.83. The lowest BCUT2D eigenvalue weighted by Crippen LogP contribution is -2.47. The van der Waals surface area contributed by atoms with E-state index < -0.39 is 18.2 Å². The molecule has 2 rings (SSSR count). The van der Waals surface area contributed by atoms with Crippen LogP contribution < -0.4 is 10.6 Å². The van der Waals surface area contributed by atoms with Gasteiger partial charge in [-0.3, -0.25) is 4.68 Å². The maximum atomic E-state index is 11.7. The number of carbonyl (C=O) groups excluding carboxylic acids is 1. The van der Waals surface area contributed by atoms with Crippen molar-refractivity contribution in [3.8, 4) is 0 Å². The van der Waals surface area contributed by atoms with Crippen LogP contribution in [0.3, 0.4) is 0 Å². The van der Waals surface area contributed by atoms with E-state index in [9.17, 15) is 15.0 Å². The Hall–Kier alpha value is -1.71. The van der Waals surface area contributed by atoms with Gasteiger partial charge in [0.2, 0.25) is 0 Å². The van der Waals surface area contributed by atoms with Crippen molar-refractivity contribution in [3.63, 3.8) is 0 Å². The Morgan fingerprint density at radius 2 is 2.26 bits per heavy atom. The summed E-state index contributed by atoms with van der Waals surface area (Å²) in [5, 5.41) is 33.6. The number of amides is 2. The van der Waals surface area contributed by atoms with Crippen LogP contribution in [-0.4, -0.2) is 63.1 Å². The summed E-state index contributed by atoms with van der Waals surface area (Å²) in [6.45, 7) is 3.32. The predicted octanol–water partition coefficient (Wildman–Crippen LogP) is -0.756. The number of aliphatic hydroxyl groups excluding tert-OH is 2. The summed E-state index contributed by atoms with van der Waals surface area (Å²) in [6, 6.07) is -0.805. The molecular formula is C14H25N5O4. The third kappa shape index (κ3) is 4.63. The van der Waals surface area contributed by atoms with Crippen LogP contribution in [0.4, 0.5) is 4.79 Å². The van der Waals surface area contributed by atoms with Crippen LogP contribution in [0.2, 0.25) is 0 Å². The second-order valence-electron chi connectivity index (χ2n) is 5.85. The lowest BCUT2D eigenvalue weighted by atomic mass is 10.1. The van der Waals surface area contributed by atoms with Gasteiger partial charge in [0, 0.05) is 26.1 Å². The van der Waals surface area contributed by atoms with Gasteiger partial charge in [0.05, 0.1) is 24.9 Å². The van der Waals surface area contributed by atoms with Crippen molar-refractivity contribution < 1.29 is 19.7 Å². The van der Waals surface area contributed by atoms with Gasteiger partial charge in [-0.25, -0.2) is 4.79 Å². The van der Waals surface area contributed by atoms with E-state index in [1.807, 2.05) is 6.92 Å². The third-order valence-electron chi connectivity index (χ3n) is 3.95. The zero-order valence-electron chi connectivity index (χ0n) is 13.5. The lowest BCUT2D eigenvalue weighted by Gasteiger charge is -2.18. The van der Waals surface area contributed by atoms with E-state index in [1.54, 1.807) is 18.0 Å². The molecule has 0 radical (unpaired) electrons. The number of hydrogen-bond donors (Lipinski definition) is 4. The van der Waals surface area contributed by atoms with E-state index in [4.69, 9.17) is 4.74 Å². The summed E-state index contributed by atoms with van der Waals surface area (Å²) < 4.78 is 6.60. The second kappa shape index (κ2) is 8.23. The van der Waals surface area contributed by atoms with E-state index >= 15 is 0 Å². The van der Waals surface area contributed by atoms with E-state index in [0.717, 1.165) is 6.42 Å². The number of hydrogen-bond acceptors (Lipinski definition) is 6. The number of methoxy groups -OCH3 is 1. The van der Waals surface area contributed by atoms with Crippen molar-refractivity contribution in [2.75, 3.05) is 13.7 Å². The Bertz CT molecular complexity index is 509. The molecule has 1 aromatic heterocycles. The zero-order chi connectivity index (χ0) is 16.8. The van der Waals surface area contributed by atoms with Crippen molar-refractivity contribution in [2.24, 2.45) is 5.92 Å². The van der Waals surface area contributed by atoms with Gasteiger partial charge in [0.15, 0.2) is 0 Å². The molecule has 0 bridgehead atoms. The Kier molecular flexibility index (Phi) is 6.31. The number of aliphatic hydroxyl groups is 2. The van der Waals surface area contributed by atoms with Gasteiger partial charge in [-0.05, 0) is 12.8 Å². The average Bonchev–Trinajstić information content (AvgIpc) is 3.06. The highest BCUT2D eigenvalue weighted by molar-refractivity contribution is 5.74. The molecule has 9 heteroatoms. The second-order valence-corrected chi connectivity index (χ2v) is 5.85. The fourth-order valence-electron chi connectivity index (χ4n) is 2.79. The quantitative estimate of drug-likeness (QED) is 0.522. The van der Waals surface area contributed by atoms with Crippen molar-refractivity contribution in [1.29, 1.82) is 0 Å². The molecule has 1 aliphatic carbocycles. The Balaban J connectivity index is 1.89. The molecule has 0 aliphatic heterocycles. The Morgan fingerprint density at radius 1 is 1.48 bits per heavy atom. The summed E-state index contributed by atoms with van der Waals surface area (Å²) in [5.41, 5.74) is 0.703. The third-order valence-corrected chi connectivity index (χ3v) is 3.95. The molecule has 0 saturated heterocycles. The Morgan fingerprint density at radius 3 is 2.96 bits per heavy atom. The summed E-state index contributed by atoms with van der Waals surface area (Å²) in [6.07, 6.45) is 1.15. The monoisotopic (exact) mass is 327 g/mol. The van der Waals surface area contributed by atoms with Crippen molar-refractivity contribution in [2.45, 2.75) is 51.2 Å².